The zero-order valence-electron chi connectivity index (χ0n) is 12.5. The summed E-state index contributed by atoms with van der Waals surface area (Å²) in [5.41, 5.74) is 0.652. The van der Waals surface area contributed by atoms with Gasteiger partial charge in [0.2, 0.25) is 0 Å². The minimum absolute atomic E-state index is 0.314. The second kappa shape index (κ2) is 7.93. The van der Waals surface area contributed by atoms with E-state index in [1.165, 1.54) is 42.7 Å². The van der Waals surface area contributed by atoms with Crippen molar-refractivity contribution in [3.63, 3.8) is 0 Å². The van der Waals surface area contributed by atoms with Crippen molar-refractivity contribution in [3.05, 3.63) is 65.9 Å². The van der Waals surface area contributed by atoms with Crippen molar-refractivity contribution < 1.29 is 23.1 Å². The summed E-state index contributed by atoms with van der Waals surface area (Å²) >= 11 is 0. The van der Waals surface area contributed by atoms with Crippen LogP contribution >= 0.6 is 0 Å². The van der Waals surface area contributed by atoms with Crippen LogP contribution in [0.1, 0.15) is 24.3 Å². The van der Waals surface area contributed by atoms with E-state index in [1.807, 2.05) is 0 Å². The summed E-state index contributed by atoms with van der Waals surface area (Å²) in [7, 11) is 0. The Hall–Kier alpha value is -2.89. The van der Waals surface area contributed by atoms with E-state index < -0.39 is 18.5 Å². The van der Waals surface area contributed by atoms with Crippen molar-refractivity contribution in [3.8, 4) is 0 Å². The SMILES string of the molecule is C[C@H](NC(=O)COC(=O)/C=C/c1ccc(F)cc1)c1ccco1. The van der Waals surface area contributed by atoms with Gasteiger partial charge in [0.25, 0.3) is 5.91 Å². The fourth-order valence-corrected chi connectivity index (χ4v) is 1.81. The summed E-state index contributed by atoms with van der Waals surface area (Å²) in [4.78, 5) is 23.2. The molecule has 2 rings (SSSR count). The summed E-state index contributed by atoms with van der Waals surface area (Å²) in [5, 5.41) is 2.64. The van der Waals surface area contributed by atoms with Gasteiger partial charge in [-0.1, -0.05) is 12.1 Å². The van der Waals surface area contributed by atoms with Gasteiger partial charge in [-0.05, 0) is 42.8 Å². The van der Waals surface area contributed by atoms with E-state index in [-0.39, 0.29) is 11.9 Å². The summed E-state index contributed by atoms with van der Waals surface area (Å²) in [6.07, 6.45) is 4.17. The van der Waals surface area contributed by atoms with Crippen molar-refractivity contribution in [1.82, 2.24) is 5.32 Å². The van der Waals surface area contributed by atoms with Gasteiger partial charge in [-0.25, -0.2) is 9.18 Å². The molecule has 1 atom stereocenters. The van der Waals surface area contributed by atoms with Gasteiger partial charge in [-0.2, -0.15) is 0 Å². The third-order valence-electron chi connectivity index (χ3n) is 2.97. The van der Waals surface area contributed by atoms with E-state index in [9.17, 15) is 14.0 Å². The number of carbonyl (C=O) groups excluding carboxylic acids is 2. The number of carbonyl (C=O) groups is 2. The summed E-state index contributed by atoms with van der Waals surface area (Å²) < 4.78 is 22.7. The highest BCUT2D eigenvalue weighted by atomic mass is 19.1. The Labute approximate surface area is 132 Å². The molecule has 1 heterocycles. The van der Waals surface area contributed by atoms with Gasteiger partial charge >= 0.3 is 5.97 Å². The standard InChI is InChI=1S/C17H16FNO4/c1-12(15-3-2-10-22-15)19-16(20)11-23-17(21)9-6-13-4-7-14(18)8-5-13/h2-10,12H,11H2,1H3,(H,19,20)/b9-6+/t12-/m0/s1. The lowest BCUT2D eigenvalue weighted by Gasteiger charge is -2.11. The molecule has 0 spiro atoms. The number of ether oxygens (including phenoxy) is 1. The Kier molecular flexibility index (Phi) is 5.68. The average Bonchev–Trinajstić information content (AvgIpc) is 3.07. The van der Waals surface area contributed by atoms with Crippen LogP contribution < -0.4 is 5.32 Å². The predicted molar refractivity (Wildman–Crippen MR) is 81.7 cm³/mol. The number of hydrogen-bond acceptors (Lipinski definition) is 4. The molecule has 0 aliphatic carbocycles. The number of nitrogens with one attached hydrogen (secondary N) is 1. The monoisotopic (exact) mass is 317 g/mol. The van der Waals surface area contributed by atoms with E-state index in [1.54, 1.807) is 19.1 Å². The minimum Gasteiger partial charge on any atom is -0.467 e. The molecule has 2 aromatic rings. The maximum Gasteiger partial charge on any atom is 0.331 e. The van der Waals surface area contributed by atoms with Crippen LogP contribution in [0.2, 0.25) is 0 Å². The van der Waals surface area contributed by atoms with Crippen LogP contribution in [0.15, 0.2) is 53.2 Å². The maximum atomic E-state index is 12.7. The van der Waals surface area contributed by atoms with Gasteiger partial charge in [-0.3, -0.25) is 4.79 Å². The molecule has 0 bridgehead atoms. The molecule has 120 valence electrons. The van der Waals surface area contributed by atoms with Crippen LogP contribution in [0.25, 0.3) is 6.08 Å². The molecule has 0 aliphatic heterocycles. The zero-order chi connectivity index (χ0) is 16.7. The summed E-state index contributed by atoms with van der Waals surface area (Å²) in [6.45, 7) is 1.37. The van der Waals surface area contributed by atoms with Crippen molar-refractivity contribution in [1.29, 1.82) is 0 Å². The van der Waals surface area contributed by atoms with Crippen molar-refractivity contribution in [2.24, 2.45) is 0 Å². The van der Waals surface area contributed by atoms with Crippen molar-refractivity contribution in [2.45, 2.75) is 13.0 Å². The molecule has 1 aromatic carbocycles. The first-order chi connectivity index (χ1) is 11.0. The van der Waals surface area contributed by atoms with Gasteiger partial charge in [0.1, 0.15) is 11.6 Å². The molecule has 1 N–H and O–H groups in total. The molecule has 6 heteroatoms. The number of esters is 1. The van der Waals surface area contributed by atoms with E-state index in [4.69, 9.17) is 9.15 Å². The van der Waals surface area contributed by atoms with Crippen LogP contribution in [-0.4, -0.2) is 18.5 Å². The highest BCUT2D eigenvalue weighted by Crippen LogP contribution is 2.11. The fourth-order valence-electron chi connectivity index (χ4n) is 1.81. The molecular formula is C17H16FNO4. The molecule has 23 heavy (non-hydrogen) atoms. The largest absolute Gasteiger partial charge is 0.467 e. The first-order valence-corrected chi connectivity index (χ1v) is 6.98. The molecule has 1 aromatic heterocycles. The first-order valence-electron chi connectivity index (χ1n) is 6.98. The Bertz CT molecular complexity index is 677. The summed E-state index contributed by atoms with van der Waals surface area (Å²) in [5.74, 6) is -0.833. The number of amides is 1. The third-order valence-corrected chi connectivity index (χ3v) is 2.97. The number of halogens is 1. The van der Waals surface area contributed by atoms with Gasteiger partial charge in [0, 0.05) is 6.08 Å². The van der Waals surface area contributed by atoms with Crippen LogP contribution in [0.5, 0.6) is 0 Å². The van der Waals surface area contributed by atoms with E-state index in [2.05, 4.69) is 5.32 Å². The van der Waals surface area contributed by atoms with E-state index >= 15 is 0 Å². The Morgan fingerprint density at radius 2 is 2.04 bits per heavy atom. The number of rotatable bonds is 6. The molecular weight excluding hydrogens is 301 g/mol. The molecule has 5 nitrogen and oxygen atoms in total. The smallest absolute Gasteiger partial charge is 0.331 e. The van der Waals surface area contributed by atoms with Gasteiger partial charge in [0.05, 0.1) is 12.3 Å². The molecule has 0 radical (unpaired) electrons. The van der Waals surface area contributed by atoms with Crippen LogP contribution in [0, 0.1) is 5.82 Å². The second-order valence-electron chi connectivity index (χ2n) is 4.80. The Morgan fingerprint density at radius 1 is 1.30 bits per heavy atom. The van der Waals surface area contributed by atoms with Crippen LogP contribution in [-0.2, 0) is 14.3 Å². The molecule has 0 fully saturated rings. The third kappa shape index (κ3) is 5.43. The summed E-state index contributed by atoms with van der Waals surface area (Å²) in [6, 6.07) is 8.77. The van der Waals surface area contributed by atoms with Gasteiger partial charge < -0.3 is 14.5 Å². The Balaban J connectivity index is 1.75. The lowest BCUT2D eigenvalue weighted by Crippen LogP contribution is -2.30. The predicted octanol–water partition coefficient (Wildman–Crippen LogP) is 2.85. The first kappa shape index (κ1) is 16.5. The van der Waals surface area contributed by atoms with E-state index in [0.717, 1.165) is 0 Å². The maximum absolute atomic E-state index is 12.7. The number of benzene rings is 1. The molecule has 0 unspecified atom stereocenters. The molecule has 0 aliphatic rings. The lowest BCUT2D eigenvalue weighted by molar-refractivity contribution is -0.144. The molecule has 1 amide bonds. The van der Waals surface area contributed by atoms with Crippen LogP contribution in [0.4, 0.5) is 4.39 Å². The van der Waals surface area contributed by atoms with Crippen LogP contribution in [0.3, 0.4) is 0 Å². The number of hydrogen-bond donors (Lipinski definition) is 1. The number of furan rings is 1. The van der Waals surface area contributed by atoms with Gasteiger partial charge in [-0.15, -0.1) is 0 Å². The molecule has 0 saturated heterocycles. The van der Waals surface area contributed by atoms with Crippen molar-refractivity contribution in [2.75, 3.05) is 6.61 Å². The highest BCUT2D eigenvalue weighted by Gasteiger charge is 2.12. The second-order valence-corrected chi connectivity index (χ2v) is 4.80. The van der Waals surface area contributed by atoms with Gasteiger partial charge in [0.15, 0.2) is 6.61 Å². The van der Waals surface area contributed by atoms with E-state index in [0.29, 0.717) is 11.3 Å². The average molecular weight is 317 g/mol. The topological polar surface area (TPSA) is 68.5 Å². The minimum atomic E-state index is -0.657. The lowest BCUT2D eigenvalue weighted by atomic mass is 10.2. The highest BCUT2D eigenvalue weighted by molar-refractivity contribution is 5.89. The van der Waals surface area contributed by atoms with Crippen molar-refractivity contribution >= 4 is 18.0 Å². The normalized spacial score (nSPS) is 12.1. The quantitative estimate of drug-likeness (QED) is 0.657. The molecule has 0 saturated carbocycles. The zero-order valence-corrected chi connectivity index (χ0v) is 12.5. The Morgan fingerprint density at radius 3 is 2.70 bits per heavy atom. The fraction of sp³-hybridized carbons (Fsp3) is 0.176.